The molecule has 0 saturated carbocycles. The van der Waals surface area contributed by atoms with Crippen LogP contribution in [0.15, 0.2) is 30.6 Å². The Kier molecular flexibility index (Phi) is 4.16. The van der Waals surface area contributed by atoms with E-state index in [2.05, 4.69) is 4.98 Å². The van der Waals surface area contributed by atoms with Crippen molar-refractivity contribution in [3.8, 4) is 5.75 Å². The largest absolute Gasteiger partial charge is 0.496 e. The molecule has 0 amide bonds. The maximum Gasteiger partial charge on any atom is 0.143 e. The van der Waals surface area contributed by atoms with Gasteiger partial charge in [-0.15, -0.1) is 0 Å². The first kappa shape index (κ1) is 13.5. The zero-order chi connectivity index (χ0) is 13.8. The van der Waals surface area contributed by atoms with Gasteiger partial charge in [0.2, 0.25) is 0 Å². The predicted molar refractivity (Wildman–Crippen MR) is 69.5 cm³/mol. The van der Waals surface area contributed by atoms with Gasteiger partial charge in [-0.3, -0.25) is 0 Å². The number of imidazole rings is 1. The summed E-state index contributed by atoms with van der Waals surface area (Å²) in [6.07, 6.45) is 3.14. The van der Waals surface area contributed by atoms with Crippen molar-refractivity contribution < 1.29 is 14.2 Å². The summed E-state index contributed by atoms with van der Waals surface area (Å²) in [5.41, 5.74) is 0.119. The van der Waals surface area contributed by atoms with Crippen molar-refractivity contribution in [3.63, 3.8) is 0 Å². The van der Waals surface area contributed by atoms with Crippen LogP contribution < -0.4 is 4.74 Å². The molecule has 102 valence electrons. The first-order chi connectivity index (χ1) is 9.19. The molecule has 0 aliphatic carbocycles. The van der Waals surface area contributed by atoms with Gasteiger partial charge in [-0.25, -0.2) is 9.37 Å². The molecule has 0 aliphatic rings. The molecule has 0 spiro atoms. The van der Waals surface area contributed by atoms with E-state index in [9.17, 15) is 9.50 Å². The van der Waals surface area contributed by atoms with Crippen LogP contribution in [0.3, 0.4) is 0 Å². The average Bonchev–Trinajstić information content (AvgIpc) is 2.86. The van der Waals surface area contributed by atoms with E-state index in [4.69, 9.17) is 4.74 Å². The van der Waals surface area contributed by atoms with Crippen LogP contribution in [0.1, 0.15) is 30.8 Å². The van der Waals surface area contributed by atoms with E-state index in [1.54, 1.807) is 24.5 Å². The third-order valence-corrected chi connectivity index (χ3v) is 2.96. The van der Waals surface area contributed by atoms with Crippen molar-refractivity contribution in [2.75, 3.05) is 7.11 Å². The van der Waals surface area contributed by atoms with Crippen LogP contribution in [0.2, 0.25) is 0 Å². The van der Waals surface area contributed by atoms with E-state index in [0.29, 0.717) is 11.6 Å². The number of aryl methyl sites for hydroxylation is 1. The minimum atomic E-state index is -1.14. The number of hydrogen-bond acceptors (Lipinski definition) is 3. The van der Waals surface area contributed by atoms with E-state index in [-0.39, 0.29) is 5.56 Å². The standard InChI is InChI=1S/C14H17FN2O2/c1-3-8-17-9-7-16-14(17)13(18)12-10(15)5-4-6-11(12)19-2/h4-7,9,13,18H,3,8H2,1-2H3. The number of aliphatic hydroxyl groups excluding tert-OH is 1. The fourth-order valence-corrected chi connectivity index (χ4v) is 2.09. The van der Waals surface area contributed by atoms with Crippen LogP contribution in [-0.4, -0.2) is 21.8 Å². The highest BCUT2D eigenvalue weighted by atomic mass is 19.1. The molecule has 2 aromatic rings. The Bertz CT molecular complexity index is 554. The summed E-state index contributed by atoms with van der Waals surface area (Å²) < 4.78 is 20.8. The number of halogens is 1. The van der Waals surface area contributed by atoms with Crippen LogP contribution >= 0.6 is 0 Å². The molecule has 0 radical (unpaired) electrons. The minimum Gasteiger partial charge on any atom is -0.496 e. The van der Waals surface area contributed by atoms with E-state index < -0.39 is 11.9 Å². The number of nitrogens with zero attached hydrogens (tertiary/aromatic N) is 2. The Morgan fingerprint density at radius 2 is 2.26 bits per heavy atom. The van der Waals surface area contributed by atoms with Gasteiger partial charge in [-0.2, -0.15) is 0 Å². The van der Waals surface area contributed by atoms with E-state index >= 15 is 0 Å². The van der Waals surface area contributed by atoms with Crippen LogP contribution in [0.4, 0.5) is 4.39 Å². The molecule has 1 unspecified atom stereocenters. The van der Waals surface area contributed by atoms with Crippen molar-refractivity contribution in [3.05, 3.63) is 47.8 Å². The third kappa shape index (κ3) is 2.61. The van der Waals surface area contributed by atoms with Gasteiger partial charge in [-0.05, 0) is 18.6 Å². The van der Waals surface area contributed by atoms with Gasteiger partial charge in [0.15, 0.2) is 0 Å². The van der Waals surface area contributed by atoms with Crippen molar-refractivity contribution in [1.29, 1.82) is 0 Å². The van der Waals surface area contributed by atoms with Crippen molar-refractivity contribution in [2.24, 2.45) is 0 Å². The van der Waals surface area contributed by atoms with Gasteiger partial charge in [0, 0.05) is 18.9 Å². The summed E-state index contributed by atoms with van der Waals surface area (Å²) >= 11 is 0. The number of hydrogen-bond donors (Lipinski definition) is 1. The molecule has 19 heavy (non-hydrogen) atoms. The predicted octanol–water partition coefficient (Wildman–Crippen LogP) is 2.52. The summed E-state index contributed by atoms with van der Waals surface area (Å²) in [6, 6.07) is 4.46. The van der Waals surface area contributed by atoms with E-state index in [1.165, 1.54) is 13.2 Å². The monoisotopic (exact) mass is 264 g/mol. The minimum absolute atomic E-state index is 0.119. The molecular formula is C14H17FN2O2. The molecule has 1 heterocycles. The fraction of sp³-hybridized carbons (Fsp3) is 0.357. The van der Waals surface area contributed by atoms with Crippen LogP contribution in [0.5, 0.6) is 5.75 Å². The third-order valence-electron chi connectivity index (χ3n) is 2.96. The van der Waals surface area contributed by atoms with Gasteiger partial charge in [0.25, 0.3) is 0 Å². The summed E-state index contributed by atoms with van der Waals surface area (Å²) in [5.74, 6) is 0.238. The Labute approximate surface area is 111 Å². The molecule has 1 N–H and O–H groups in total. The number of benzene rings is 1. The molecule has 4 nitrogen and oxygen atoms in total. The summed E-state index contributed by atoms with van der Waals surface area (Å²) in [7, 11) is 1.45. The first-order valence-electron chi connectivity index (χ1n) is 6.20. The molecule has 0 bridgehead atoms. The van der Waals surface area contributed by atoms with Gasteiger partial charge in [0.05, 0.1) is 12.7 Å². The Balaban J connectivity index is 2.43. The highest BCUT2D eigenvalue weighted by Crippen LogP contribution is 2.31. The van der Waals surface area contributed by atoms with Gasteiger partial charge in [-0.1, -0.05) is 13.0 Å². The zero-order valence-corrected chi connectivity index (χ0v) is 11.0. The summed E-state index contributed by atoms with van der Waals surface area (Å²) in [4.78, 5) is 4.12. The Morgan fingerprint density at radius 1 is 1.47 bits per heavy atom. The van der Waals surface area contributed by atoms with Gasteiger partial charge < -0.3 is 14.4 Å². The van der Waals surface area contributed by atoms with Gasteiger partial charge in [0.1, 0.15) is 23.5 Å². The molecule has 2 rings (SSSR count). The molecule has 1 aromatic heterocycles. The lowest BCUT2D eigenvalue weighted by molar-refractivity contribution is 0.194. The number of aromatic nitrogens is 2. The summed E-state index contributed by atoms with van der Waals surface area (Å²) in [6.45, 7) is 2.75. The lowest BCUT2D eigenvalue weighted by atomic mass is 10.1. The number of methoxy groups -OCH3 is 1. The number of rotatable bonds is 5. The SMILES string of the molecule is CCCn1ccnc1C(O)c1c(F)cccc1OC. The molecule has 5 heteroatoms. The summed E-state index contributed by atoms with van der Waals surface area (Å²) in [5, 5.41) is 10.4. The van der Waals surface area contributed by atoms with Gasteiger partial charge >= 0.3 is 0 Å². The smallest absolute Gasteiger partial charge is 0.143 e. The highest BCUT2D eigenvalue weighted by Gasteiger charge is 2.23. The molecule has 1 atom stereocenters. The van der Waals surface area contributed by atoms with E-state index in [0.717, 1.165) is 13.0 Å². The number of ether oxygens (including phenoxy) is 1. The quantitative estimate of drug-likeness (QED) is 0.902. The van der Waals surface area contributed by atoms with Crippen LogP contribution in [-0.2, 0) is 6.54 Å². The normalized spacial score (nSPS) is 12.4. The Hall–Kier alpha value is -1.88. The second-order valence-electron chi connectivity index (χ2n) is 4.24. The van der Waals surface area contributed by atoms with Crippen molar-refractivity contribution in [1.82, 2.24) is 9.55 Å². The van der Waals surface area contributed by atoms with Crippen molar-refractivity contribution in [2.45, 2.75) is 26.0 Å². The molecular weight excluding hydrogens is 247 g/mol. The van der Waals surface area contributed by atoms with Crippen LogP contribution in [0, 0.1) is 5.82 Å². The fourth-order valence-electron chi connectivity index (χ4n) is 2.09. The van der Waals surface area contributed by atoms with E-state index in [1.807, 2.05) is 11.5 Å². The number of aliphatic hydroxyl groups is 1. The van der Waals surface area contributed by atoms with Crippen LogP contribution in [0.25, 0.3) is 0 Å². The van der Waals surface area contributed by atoms with Crippen molar-refractivity contribution >= 4 is 0 Å². The second-order valence-corrected chi connectivity index (χ2v) is 4.24. The molecule has 0 aliphatic heterocycles. The zero-order valence-electron chi connectivity index (χ0n) is 11.0. The Morgan fingerprint density at radius 3 is 2.95 bits per heavy atom. The topological polar surface area (TPSA) is 47.3 Å². The lowest BCUT2D eigenvalue weighted by Gasteiger charge is -2.16. The first-order valence-corrected chi connectivity index (χ1v) is 6.20. The lowest BCUT2D eigenvalue weighted by Crippen LogP contribution is -2.12. The second kappa shape index (κ2) is 5.84. The maximum atomic E-state index is 13.9. The molecule has 1 aromatic carbocycles. The molecule has 0 fully saturated rings. The highest BCUT2D eigenvalue weighted by molar-refractivity contribution is 5.39. The average molecular weight is 264 g/mol. The molecule has 0 saturated heterocycles. The maximum absolute atomic E-state index is 13.9.